The lowest BCUT2D eigenvalue weighted by molar-refractivity contribution is 0.0627. The van der Waals surface area contributed by atoms with Gasteiger partial charge in [-0.05, 0) is 19.1 Å². The molecule has 0 aliphatic carbocycles. The third kappa shape index (κ3) is 2.92. The number of carbonyl (C=O) groups is 1. The molecule has 0 N–H and O–H groups in total. The maximum atomic E-state index is 12.7. The van der Waals surface area contributed by atoms with Crippen LogP contribution in [0.4, 0.5) is 0 Å². The smallest absolute Gasteiger partial charge is 0.275 e. The van der Waals surface area contributed by atoms with Crippen molar-refractivity contribution in [2.24, 2.45) is 7.05 Å². The second-order valence-corrected chi connectivity index (χ2v) is 6.13. The third-order valence-corrected chi connectivity index (χ3v) is 4.44. The van der Waals surface area contributed by atoms with Crippen LogP contribution in [0.3, 0.4) is 0 Å². The Hall–Kier alpha value is -3.23. The van der Waals surface area contributed by atoms with Gasteiger partial charge in [-0.2, -0.15) is 5.10 Å². The molecule has 4 heterocycles. The number of hydrogen-bond acceptors (Lipinski definition) is 6. The van der Waals surface area contributed by atoms with Crippen molar-refractivity contribution in [1.29, 1.82) is 0 Å². The molecular weight excluding hydrogens is 334 g/mol. The van der Waals surface area contributed by atoms with E-state index in [9.17, 15) is 4.79 Å². The SMILES string of the molecule is C[C@H]1c2nnc(COc3ccccn3)n2CCN1C(=O)c1ccn(C)n1. The van der Waals surface area contributed by atoms with E-state index in [-0.39, 0.29) is 18.6 Å². The Bertz CT molecular complexity index is 918. The van der Waals surface area contributed by atoms with Crippen molar-refractivity contribution >= 4 is 5.91 Å². The maximum absolute atomic E-state index is 12.7. The van der Waals surface area contributed by atoms with Gasteiger partial charge in [0, 0.05) is 38.6 Å². The predicted octanol–water partition coefficient (Wildman–Crippen LogP) is 1.20. The minimum atomic E-state index is -0.186. The van der Waals surface area contributed by atoms with Crippen LogP contribution in [0.25, 0.3) is 0 Å². The van der Waals surface area contributed by atoms with Gasteiger partial charge in [-0.3, -0.25) is 9.48 Å². The Balaban J connectivity index is 1.50. The van der Waals surface area contributed by atoms with Crippen molar-refractivity contribution in [2.45, 2.75) is 26.1 Å². The van der Waals surface area contributed by atoms with E-state index >= 15 is 0 Å². The van der Waals surface area contributed by atoms with Crippen LogP contribution in [0, 0.1) is 0 Å². The molecule has 4 rings (SSSR count). The Morgan fingerprint density at radius 3 is 2.88 bits per heavy atom. The molecule has 0 unspecified atom stereocenters. The highest BCUT2D eigenvalue weighted by molar-refractivity contribution is 5.92. The molecule has 1 atom stereocenters. The van der Waals surface area contributed by atoms with Crippen molar-refractivity contribution in [1.82, 2.24) is 34.4 Å². The van der Waals surface area contributed by atoms with Gasteiger partial charge >= 0.3 is 0 Å². The second-order valence-electron chi connectivity index (χ2n) is 6.13. The zero-order chi connectivity index (χ0) is 18.1. The van der Waals surface area contributed by atoms with Crippen LogP contribution in [0.15, 0.2) is 36.7 Å². The second kappa shape index (κ2) is 6.58. The molecule has 0 radical (unpaired) electrons. The molecule has 134 valence electrons. The molecule has 0 bridgehead atoms. The summed E-state index contributed by atoms with van der Waals surface area (Å²) in [4.78, 5) is 18.6. The molecule has 0 saturated carbocycles. The number of carbonyl (C=O) groups excluding carboxylic acids is 1. The number of pyridine rings is 1. The molecule has 1 aliphatic rings. The number of aryl methyl sites for hydroxylation is 1. The summed E-state index contributed by atoms with van der Waals surface area (Å²) in [5.74, 6) is 1.92. The Morgan fingerprint density at radius 1 is 1.27 bits per heavy atom. The molecule has 0 aromatic carbocycles. The number of aromatic nitrogens is 6. The lowest BCUT2D eigenvalue weighted by Crippen LogP contribution is -2.41. The number of ether oxygens (including phenoxy) is 1. The highest BCUT2D eigenvalue weighted by atomic mass is 16.5. The van der Waals surface area contributed by atoms with Gasteiger partial charge in [-0.25, -0.2) is 4.98 Å². The van der Waals surface area contributed by atoms with Gasteiger partial charge in [0.1, 0.15) is 12.3 Å². The highest BCUT2D eigenvalue weighted by Crippen LogP contribution is 2.26. The summed E-state index contributed by atoms with van der Waals surface area (Å²) in [7, 11) is 1.79. The Labute approximate surface area is 150 Å². The number of nitrogens with zero attached hydrogens (tertiary/aromatic N) is 7. The molecule has 3 aromatic rings. The molecule has 1 aliphatic heterocycles. The molecule has 3 aromatic heterocycles. The summed E-state index contributed by atoms with van der Waals surface area (Å²) in [6.45, 7) is 3.42. The zero-order valence-electron chi connectivity index (χ0n) is 14.6. The van der Waals surface area contributed by atoms with Gasteiger partial charge < -0.3 is 14.2 Å². The first kappa shape index (κ1) is 16.2. The molecule has 0 saturated heterocycles. The summed E-state index contributed by atoms with van der Waals surface area (Å²) in [6.07, 6.45) is 3.44. The first-order valence-corrected chi connectivity index (χ1v) is 8.40. The molecule has 9 nitrogen and oxygen atoms in total. The Kier molecular flexibility index (Phi) is 4.11. The molecular formula is C17H19N7O2. The maximum Gasteiger partial charge on any atom is 0.275 e. The number of amides is 1. The first-order valence-electron chi connectivity index (χ1n) is 8.40. The average Bonchev–Trinajstić information content (AvgIpc) is 3.27. The average molecular weight is 353 g/mol. The van der Waals surface area contributed by atoms with Crippen molar-refractivity contribution in [3.63, 3.8) is 0 Å². The van der Waals surface area contributed by atoms with E-state index < -0.39 is 0 Å². The zero-order valence-corrected chi connectivity index (χ0v) is 14.6. The minimum Gasteiger partial charge on any atom is -0.469 e. The van der Waals surface area contributed by atoms with E-state index in [0.29, 0.717) is 24.7 Å². The summed E-state index contributed by atoms with van der Waals surface area (Å²) in [5.41, 5.74) is 0.436. The van der Waals surface area contributed by atoms with Crippen LogP contribution in [0.2, 0.25) is 0 Å². The van der Waals surface area contributed by atoms with Crippen molar-refractivity contribution < 1.29 is 9.53 Å². The van der Waals surface area contributed by atoms with Crippen LogP contribution >= 0.6 is 0 Å². The number of hydrogen-bond donors (Lipinski definition) is 0. The van der Waals surface area contributed by atoms with E-state index in [4.69, 9.17) is 4.74 Å². The minimum absolute atomic E-state index is 0.0985. The van der Waals surface area contributed by atoms with Gasteiger partial charge in [0.25, 0.3) is 5.91 Å². The Morgan fingerprint density at radius 2 is 2.15 bits per heavy atom. The lowest BCUT2D eigenvalue weighted by Gasteiger charge is -2.33. The quantitative estimate of drug-likeness (QED) is 0.700. The number of rotatable bonds is 4. The van der Waals surface area contributed by atoms with Crippen LogP contribution < -0.4 is 4.74 Å². The predicted molar refractivity (Wildman–Crippen MR) is 91.3 cm³/mol. The van der Waals surface area contributed by atoms with Crippen molar-refractivity contribution in [3.05, 3.63) is 54.0 Å². The number of fused-ring (bicyclic) bond motifs is 1. The fourth-order valence-electron chi connectivity index (χ4n) is 3.07. The topological polar surface area (TPSA) is 91.0 Å². The van der Waals surface area contributed by atoms with E-state index in [2.05, 4.69) is 20.3 Å². The summed E-state index contributed by atoms with van der Waals surface area (Å²) in [5, 5.41) is 12.7. The molecule has 1 amide bonds. The third-order valence-electron chi connectivity index (χ3n) is 4.44. The van der Waals surface area contributed by atoms with Crippen LogP contribution in [-0.4, -0.2) is 46.9 Å². The van der Waals surface area contributed by atoms with Gasteiger partial charge in [0.15, 0.2) is 11.6 Å². The standard InChI is InChI=1S/C17H19N7O2/c1-12-16-20-19-14(11-26-15-5-3-4-7-18-15)24(16)10-9-23(12)17(25)13-6-8-22(2)21-13/h3-8,12H,9-11H2,1-2H3/t12-/m0/s1. The van der Waals surface area contributed by atoms with Crippen molar-refractivity contribution in [2.75, 3.05) is 6.54 Å². The lowest BCUT2D eigenvalue weighted by atomic mass is 10.2. The van der Waals surface area contributed by atoms with E-state index in [0.717, 1.165) is 11.6 Å². The highest BCUT2D eigenvalue weighted by Gasteiger charge is 2.32. The van der Waals surface area contributed by atoms with Gasteiger partial charge in [-0.15, -0.1) is 10.2 Å². The van der Waals surface area contributed by atoms with Crippen LogP contribution in [0.5, 0.6) is 5.88 Å². The molecule has 9 heteroatoms. The molecule has 26 heavy (non-hydrogen) atoms. The summed E-state index contributed by atoms with van der Waals surface area (Å²) < 4.78 is 9.30. The van der Waals surface area contributed by atoms with E-state index in [1.165, 1.54) is 0 Å². The fourth-order valence-corrected chi connectivity index (χ4v) is 3.07. The normalized spacial score (nSPS) is 16.4. The van der Waals surface area contributed by atoms with Crippen molar-refractivity contribution in [3.8, 4) is 5.88 Å². The fraction of sp³-hybridized carbons (Fsp3) is 0.353. The van der Waals surface area contributed by atoms with E-state index in [1.807, 2.05) is 23.6 Å². The molecule has 0 spiro atoms. The molecule has 0 fully saturated rings. The van der Waals surface area contributed by atoms with Gasteiger partial charge in [0.2, 0.25) is 5.88 Å². The summed E-state index contributed by atoms with van der Waals surface area (Å²) in [6, 6.07) is 7.03. The van der Waals surface area contributed by atoms with Gasteiger partial charge in [-0.1, -0.05) is 6.07 Å². The van der Waals surface area contributed by atoms with Crippen LogP contribution in [-0.2, 0) is 20.2 Å². The van der Waals surface area contributed by atoms with Crippen LogP contribution in [0.1, 0.15) is 35.1 Å². The summed E-state index contributed by atoms with van der Waals surface area (Å²) >= 11 is 0. The first-order chi connectivity index (χ1) is 12.6. The van der Waals surface area contributed by atoms with E-state index in [1.54, 1.807) is 41.2 Å². The van der Waals surface area contributed by atoms with Gasteiger partial charge in [0.05, 0.1) is 6.04 Å². The largest absolute Gasteiger partial charge is 0.469 e. The monoisotopic (exact) mass is 353 g/mol.